The smallest absolute Gasteiger partial charge is 0.263 e. The predicted molar refractivity (Wildman–Crippen MR) is 83.5 cm³/mol. The average molecular weight is 309 g/mol. The molecule has 4 rings (SSSR count). The van der Waals surface area contributed by atoms with Crippen LogP contribution in [0, 0.1) is 0 Å². The van der Waals surface area contributed by atoms with Crippen molar-refractivity contribution < 1.29 is 4.52 Å². The lowest BCUT2D eigenvalue weighted by Crippen LogP contribution is -2.23. The highest BCUT2D eigenvalue weighted by Crippen LogP contribution is 2.26. The summed E-state index contributed by atoms with van der Waals surface area (Å²) < 4.78 is 5.39. The molecule has 116 valence electrons. The van der Waals surface area contributed by atoms with Crippen LogP contribution in [0.25, 0.3) is 22.8 Å². The van der Waals surface area contributed by atoms with Gasteiger partial charge >= 0.3 is 0 Å². The van der Waals surface area contributed by atoms with Gasteiger partial charge in [-0.25, -0.2) is 9.97 Å². The summed E-state index contributed by atoms with van der Waals surface area (Å²) in [6.45, 7) is 1.92. The SMILES string of the molecule is c1cc(-c2noc(-c3cncnc3NC3CCNC3)n2)ccn1. The zero-order chi connectivity index (χ0) is 15.5. The molecule has 1 aliphatic heterocycles. The van der Waals surface area contributed by atoms with Crippen LogP contribution in [0.2, 0.25) is 0 Å². The lowest BCUT2D eigenvalue weighted by Gasteiger charge is -2.13. The summed E-state index contributed by atoms with van der Waals surface area (Å²) in [5, 5.41) is 10.7. The normalized spacial score (nSPS) is 17.3. The second-order valence-corrected chi connectivity index (χ2v) is 5.28. The van der Waals surface area contributed by atoms with E-state index in [1.165, 1.54) is 6.33 Å². The Labute approximate surface area is 132 Å². The zero-order valence-corrected chi connectivity index (χ0v) is 12.3. The van der Waals surface area contributed by atoms with Crippen LogP contribution >= 0.6 is 0 Å². The number of nitrogens with one attached hydrogen (secondary N) is 2. The molecule has 0 radical (unpaired) electrons. The molecule has 0 bridgehead atoms. The molecule has 1 unspecified atom stereocenters. The lowest BCUT2D eigenvalue weighted by atomic mass is 10.2. The maximum Gasteiger partial charge on any atom is 0.263 e. The fraction of sp³-hybridized carbons (Fsp3) is 0.267. The van der Waals surface area contributed by atoms with Gasteiger partial charge in [-0.15, -0.1) is 0 Å². The Hall–Kier alpha value is -2.87. The van der Waals surface area contributed by atoms with Gasteiger partial charge in [-0.1, -0.05) is 5.16 Å². The number of anilines is 1. The van der Waals surface area contributed by atoms with Gasteiger partial charge in [-0.3, -0.25) is 4.98 Å². The van der Waals surface area contributed by atoms with Gasteiger partial charge in [0.15, 0.2) is 0 Å². The first kappa shape index (κ1) is 13.8. The van der Waals surface area contributed by atoms with Crippen LogP contribution in [-0.2, 0) is 0 Å². The van der Waals surface area contributed by atoms with Crippen molar-refractivity contribution in [3.05, 3.63) is 37.1 Å². The van der Waals surface area contributed by atoms with Crippen LogP contribution in [0.3, 0.4) is 0 Å². The molecule has 0 aromatic carbocycles. The number of pyridine rings is 1. The molecule has 1 saturated heterocycles. The first-order valence-electron chi connectivity index (χ1n) is 7.42. The van der Waals surface area contributed by atoms with Crippen molar-refractivity contribution >= 4 is 5.82 Å². The van der Waals surface area contributed by atoms with Gasteiger partial charge in [0, 0.05) is 36.7 Å². The molecule has 0 saturated carbocycles. The molecular formula is C15H15N7O. The largest absolute Gasteiger partial charge is 0.365 e. The fourth-order valence-electron chi connectivity index (χ4n) is 2.52. The maximum absolute atomic E-state index is 5.39. The minimum atomic E-state index is 0.339. The van der Waals surface area contributed by atoms with E-state index in [9.17, 15) is 0 Å². The van der Waals surface area contributed by atoms with Gasteiger partial charge < -0.3 is 15.2 Å². The third kappa shape index (κ3) is 2.88. The molecule has 2 N–H and O–H groups in total. The van der Waals surface area contributed by atoms with E-state index < -0.39 is 0 Å². The summed E-state index contributed by atoms with van der Waals surface area (Å²) in [4.78, 5) is 16.8. The predicted octanol–water partition coefficient (Wildman–Crippen LogP) is 1.36. The Morgan fingerprint density at radius 2 is 2.13 bits per heavy atom. The molecule has 1 fully saturated rings. The lowest BCUT2D eigenvalue weighted by molar-refractivity contribution is 0.432. The summed E-state index contributed by atoms with van der Waals surface area (Å²) in [6, 6.07) is 4.00. The molecule has 4 heterocycles. The Kier molecular flexibility index (Phi) is 3.65. The van der Waals surface area contributed by atoms with E-state index in [1.807, 2.05) is 12.1 Å². The first-order valence-corrected chi connectivity index (χ1v) is 7.42. The molecule has 3 aromatic rings. The first-order chi connectivity index (χ1) is 11.4. The molecule has 1 atom stereocenters. The number of nitrogens with zero attached hydrogens (tertiary/aromatic N) is 5. The molecule has 0 aliphatic carbocycles. The van der Waals surface area contributed by atoms with Gasteiger partial charge in [0.1, 0.15) is 17.7 Å². The Morgan fingerprint density at radius 3 is 2.96 bits per heavy atom. The molecule has 3 aromatic heterocycles. The van der Waals surface area contributed by atoms with Gasteiger partial charge in [-0.2, -0.15) is 4.98 Å². The number of hydrogen-bond acceptors (Lipinski definition) is 8. The van der Waals surface area contributed by atoms with Crippen LogP contribution in [0.4, 0.5) is 5.82 Å². The van der Waals surface area contributed by atoms with E-state index in [-0.39, 0.29) is 0 Å². The van der Waals surface area contributed by atoms with Crippen molar-refractivity contribution in [2.75, 3.05) is 18.4 Å². The second-order valence-electron chi connectivity index (χ2n) is 5.28. The van der Waals surface area contributed by atoms with Crippen LogP contribution in [0.5, 0.6) is 0 Å². The number of aromatic nitrogens is 5. The topological polar surface area (TPSA) is 102 Å². The van der Waals surface area contributed by atoms with Gasteiger partial charge in [0.05, 0.1) is 0 Å². The van der Waals surface area contributed by atoms with E-state index >= 15 is 0 Å². The molecular weight excluding hydrogens is 294 g/mol. The summed E-state index contributed by atoms with van der Waals surface area (Å²) >= 11 is 0. The van der Waals surface area contributed by atoms with Crippen LogP contribution in [0.1, 0.15) is 6.42 Å². The molecule has 8 heteroatoms. The number of rotatable bonds is 4. The van der Waals surface area contributed by atoms with Crippen LogP contribution in [0.15, 0.2) is 41.6 Å². The molecule has 23 heavy (non-hydrogen) atoms. The Balaban J connectivity index is 1.64. The highest BCUT2D eigenvalue weighted by atomic mass is 16.5. The van der Waals surface area contributed by atoms with Crippen LogP contribution in [-0.4, -0.2) is 44.2 Å². The van der Waals surface area contributed by atoms with E-state index in [0.29, 0.717) is 29.1 Å². The van der Waals surface area contributed by atoms with Crippen molar-refractivity contribution in [1.29, 1.82) is 0 Å². The van der Waals surface area contributed by atoms with Crippen molar-refractivity contribution in [3.8, 4) is 22.8 Å². The number of hydrogen-bond donors (Lipinski definition) is 2. The summed E-state index contributed by atoms with van der Waals surface area (Å²) in [7, 11) is 0. The summed E-state index contributed by atoms with van der Waals surface area (Å²) in [5.74, 6) is 1.62. The van der Waals surface area contributed by atoms with Gasteiger partial charge in [0.25, 0.3) is 5.89 Å². The maximum atomic E-state index is 5.39. The third-order valence-electron chi connectivity index (χ3n) is 3.71. The van der Waals surface area contributed by atoms with E-state index in [2.05, 4.69) is 35.7 Å². The van der Waals surface area contributed by atoms with Gasteiger partial charge in [0.2, 0.25) is 5.82 Å². The van der Waals surface area contributed by atoms with E-state index in [1.54, 1.807) is 18.6 Å². The highest BCUT2D eigenvalue weighted by molar-refractivity contribution is 5.69. The average Bonchev–Trinajstić information content (AvgIpc) is 3.28. The molecule has 1 aliphatic rings. The highest BCUT2D eigenvalue weighted by Gasteiger charge is 2.19. The molecule has 0 amide bonds. The third-order valence-corrected chi connectivity index (χ3v) is 3.71. The van der Waals surface area contributed by atoms with Crippen molar-refractivity contribution in [2.45, 2.75) is 12.5 Å². The fourth-order valence-corrected chi connectivity index (χ4v) is 2.52. The van der Waals surface area contributed by atoms with Crippen molar-refractivity contribution in [2.24, 2.45) is 0 Å². The molecule has 0 spiro atoms. The van der Waals surface area contributed by atoms with Gasteiger partial charge in [-0.05, 0) is 25.1 Å². The van der Waals surface area contributed by atoms with Crippen molar-refractivity contribution in [1.82, 2.24) is 30.4 Å². The summed E-state index contributed by atoms with van der Waals surface area (Å²) in [6.07, 6.45) is 7.62. The standard InChI is InChI=1S/C15H15N7O/c1-4-16-5-2-10(1)13-21-15(23-22-13)12-8-18-9-19-14(12)20-11-3-6-17-7-11/h1-2,4-5,8-9,11,17H,3,6-7H2,(H,18,19,20). The van der Waals surface area contributed by atoms with E-state index in [0.717, 1.165) is 25.1 Å². The molecule has 8 nitrogen and oxygen atoms in total. The quantitative estimate of drug-likeness (QED) is 0.745. The summed E-state index contributed by atoms with van der Waals surface area (Å²) in [5.41, 5.74) is 1.55. The second kappa shape index (κ2) is 6.09. The monoisotopic (exact) mass is 309 g/mol. The van der Waals surface area contributed by atoms with Crippen molar-refractivity contribution in [3.63, 3.8) is 0 Å². The Bertz CT molecular complexity index is 783. The minimum absolute atomic E-state index is 0.339. The Morgan fingerprint density at radius 1 is 1.22 bits per heavy atom. The van der Waals surface area contributed by atoms with Crippen LogP contribution < -0.4 is 10.6 Å². The van der Waals surface area contributed by atoms with E-state index in [4.69, 9.17) is 4.52 Å². The minimum Gasteiger partial charge on any atom is -0.365 e. The zero-order valence-electron chi connectivity index (χ0n) is 12.3.